The molecule has 134 valence electrons. The van der Waals surface area contributed by atoms with Crippen LogP contribution in [0.3, 0.4) is 0 Å². The zero-order valence-corrected chi connectivity index (χ0v) is 15.5. The van der Waals surface area contributed by atoms with Crippen molar-refractivity contribution in [1.29, 1.82) is 0 Å². The summed E-state index contributed by atoms with van der Waals surface area (Å²) >= 11 is 3.25. The number of aromatic nitrogens is 1. The van der Waals surface area contributed by atoms with E-state index < -0.39 is 5.91 Å². The van der Waals surface area contributed by atoms with Crippen molar-refractivity contribution in [1.82, 2.24) is 10.4 Å². The third kappa shape index (κ3) is 5.29. The molecule has 0 aliphatic carbocycles. The molecule has 1 heterocycles. The van der Waals surface area contributed by atoms with Gasteiger partial charge in [0, 0.05) is 22.4 Å². The number of halogens is 1. The number of benzene rings is 2. The van der Waals surface area contributed by atoms with Crippen LogP contribution < -0.4 is 5.43 Å². The van der Waals surface area contributed by atoms with Gasteiger partial charge >= 0.3 is 0 Å². The lowest BCUT2D eigenvalue weighted by Gasteiger charge is -2.02. The van der Waals surface area contributed by atoms with Gasteiger partial charge < -0.3 is 5.11 Å². The van der Waals surface area contributed by atoms with Crippen LogP contribution in [0, 0.1) is 0 Å². The van der Waals surface area contributed by atoms with E-state index in [0.717, 1.165) is 5.69 Å². The second-order valence-electron chi connectivity index (χ2n) is 5.37. The van der Waals surface area contributed by atoms with E-state index in [-0.39, 0.29) is 5.75 Å². The monoisotopic (exact) mass is 423 g/mol. The number of pyridine rings is 1. The molecule has 1 aromatic heterocycles. The number of hydrazone groups is 1. The standard InChI is InChI=1S/C19H14BrN5O2/c20-15-8-14(10-21-12-15)19(27)25-22-11-13-9-17(6-7-18(13)26)24-23-16-4-2-1-3-5-16/h1-12,26H,(H,25,27)/b22-11+,24-23?. The fourth-order valence-electron chi connectivity index (χ4n) is 2.08. The molecule has 0 unspecified atom stereocenters. The topological polar surface area (TPSA) is 99.3 Å². The molecule has 2 aromatic carbocycles. The molecule has 0 atom stereocenters. The normalized spacial score (nSPS) is 11.1. The molecule has 0 radical (unpaired) electrons. The van der Waals surface area contributed by atoms with Crippen LogP contribution in [0.5, 0.6) is 5.75 Å². The molecule has 0 aliphatic heterocycles. The van der Waals surface area contributed by atoms with Gasteiger partial charge in [-0.15, -0.1) is 0 Å². The van der Waals surface area contributed by atoms with Crippen LogP contribution in [-0.2, 0) is 0 Å². The SMILES string of the molecule is O=C(N/N=C/c1cc(N=Nc2ccccc2)ccc1O)c1cncc(Br)c1. The number of rotatable bonds is 5. The van der Waals surface area contributed by atoms with E-state index >= 15 is 0 Å². The Labute approximate surface area is 163 Å². The van der Waals surface area contributed by atoms with Crippen molar-refractivity contribution >= 4 is 39.4 Å². The largest absolute Gasteiger partial charge is 0.507 e. The Kier molecular flexibility index (Phi) is 6.01. The van der Waals surface area contributed by atoms with Crippen LogP contribution in [0.25, 0.3) is 0 Å². The molecule has 2 N–H and O–H groups in total. The van der Waals surface area contributed by atoms with Crippen LogP contribution in [-0.4, -0.2) is 22.2 Å². The second kappa shape index (κ2) is 8.81. The first-order valence-corrected chi connectivity index (χ1v) is 8.65. The van der Waals surface area contributed by atoms with Gasteiger partial charge in [-0.1, -0.05) is 18.2 Å². The van der Waals surface area contributed by atoms with E-state index in [4.69, 9.17) is 0 Å². The minimum Gasteiger partial charge on any atom is -0.507 e. The third-order valence-electron chi connectivity index (χ3n) is 3.39. The number of nitrogens with one attached hydrogen (secondary N) is 1. The number of carbonyl (C=O) groups excluding carboxylic acids is 1. The Morgan fingerprint density at radius 3 is 2.59 bits per heavy atom. The summed E-state index contributed by atoms with van der Waals surface area (Å²) in [7, 11) is 0. The van der Waals surface area contributed by atoms with Crippen molar-refractivity contribution < 1.29 is 9.90 Å². The van der Waals surface area contributed by atoms with Crippen LogP contribution in [0.2, 0.25) is 0 Å². The maximum absolute atomic E-state index is 12.0. The molecule has 3 rings (SSSR count). The number of hydrogen-bond acceptors (Lipinski definition) is 6. The first-order chi connectivity index (χ1) is 13.1. The number of nitrogens with zero attached hydrogens (tertiary/aromatic N) is 4. The molecule has 1 amide bonds. The number of hydrogen-bond donors (Lipinski definition) is 2. The molecule has 0 saturated carbocycles. The number of aromatic hydroxyl groups is 1. The summed E-state index contributed by atoms with van der Waals surface area (Å²) in [4.78, 5) is 15.9. The maximum atomic E-state index is 12.0. The summed E-state index contributed by atoms with van der Waals surface area (Å²) in [6, 6.07) is 15.6. The Hall–Kier alpha value is -3.39. The minimum absolute atomic E-state index is 0.00998. The molecule has 0 aliphatic rings. The molecule has 3 aromatic rings. The van der Waals surface area contributed by atoms with E-state index in [1.54, 1.807) is 24.4 Å². The van der Waals surface area contributed by atoms with Crippen molar-refractivity contribution in [3.05, 3.63) is 82.6 Å². The Morgan fingerprint density at radius 2 is 1.81 bits per heavy atom. The van der Waals surface area contributed by atoms with Crippen molar-refractivity contribution in [3.8, 4) is 5.75 Å². The first-order valence-electron chi connectivity index (χ1n) is 7.85. The summed E-state index contributed by atoms with van der Waals surface area (Å²) < 4.78 is 0.688. The Morgan fingerprint density at radius 1 is 1.04 bits per heavy atom. The predicted molar refractivity (Wildman–Crippen MR) is 106 cm³/mol. The van der Waals surface area contributed by atoms with Gasteiger partial charge in [0.2, 0.25) is 0 Å². The van der Waals surface area contributed by atoms with Gasteiger partial charge in [0.1, 0.15) is 5.75 Å². The lowest BCUT2D eigenvalue weighted by Crippen LogP contribution is -2.17. The first kappa shape index (κ1) is 18.4. The van der Waals surface area contributed by atoms with Gasteiger partial charge in [-0.05, 0) is 52.3 Å². The van der Waals surface area contributed by atoms with Crippen LogP contribution in [0.1, 0.15) is 15.9 Å². The van der Waals surface area contributed by atoms with Gasteiger partial charge in [-0.3, -0.25) is 9.78 Å². The van der Waals surface area contributed by atoms with Gasteiger partial charge in [-0.2, -0.15) is 15.3 Å². The van der Waals surface area contributed by atoms with Crippen molar-refractivity contribution in [2.45, 2.75) is 0 Å². The van der Waals surface area contributed by atoms with E-state index in [2.05, 4.69) is 41.7 Å². The van der Waals surface area contributed by atoms with Crippen molar-refractivity contribution in [2.75, 3.05) is 0 Å². The number of phenols is 1. The van der Waals surface area contributed by atoms with Gasteiger partial charge in [0.25, 0.3) is 5.91 Å². The molecule has 27 heavy (non-hydrogen) atoms. The molecule has 0 bridgehead atoms. The number of amides is 1. The van der Waals surface area contributed by atoms with Gasteiger partial charge in [0.05, 0.1) is 23.2 Å². The average molecular weight is 424 g/mol. The summed E-state index contributed by atoms with van der Waals surface area (Å²) in [6.45, 7) is 0. The minimum atomic E-state index is -0.417. The second-order valence-corrected chi connectivity index (χ2v) is 6.29. The highest BCUT2D eigenvalue weighted by Crippen LogP contribution is 2.24. The highest BCUT2D eigenvalue weighted by molar-refractivity contribution is 9.10. The fourth-order valence-corrected chi connectivity index (χ4v) is 2.44. The van der Waals surface area contributed by atoms with Gasteiger partial charge in [-0.25, -0.2) is 5.43 Å². The highest BCUT2D eigenvalue weighted by Gasteiger charge is 2.05. The van der Waals surface area contributed by atoms with E-state index in [1.807, 2.05) is 30.3 Å². The fraction of sp³-hybridized carbons (Fsp3) is 0. The van der Waals surface area contributed by atoms with Crippen molar-refractivity contribution in [3.63, 3.8) is 0 Å². The third-order valence-corrected chi connectivity index (χ3v) is 3.82. The molecule has 0 spiro atoms. The zero-order valence-electron chi connectivity index (χ0n) is 14.0. The van der Waals surface area contributed by atoms with Crippen molar-refractivity contribution in [2.24, 2.45) is 15.3 Å². The lowest BCUT2D eigenvalue weighted by molar-refractivity contribution is 0.0954. The van der Waals surface area contributed by atoms with Crippen LogP contribution >= 0.6 is 15.9 Å². The smallest absolute Gasteiger partial charge is 0.272 e. The number of carbonyl (C=O) groups is 1. The lowest BCUT2D eigenvalue weighted by atomic mass is 10.2. The zero-order chi connectivity index (χ0) is 19.1. The molecule has 8 heteroatoms. The maximum Gasteiger partial charge on any atom is 0.272 e. The molecular formula is C19H14BrN5O2. The molecule has 0 fully saturated rings. The summed E-state index contributed by atoms with van der Waals surface area (Å²) in [5, 5.41) is 22.1. The van der Waals surface area contributed by atoms with E-state index in [9.17, 15) is 9.90 Å². The molecule has 0 saturated heterocycles. The quantitative estimate of drug-likeness (QED) is 0.352. The Balaban J connectivity index is 1.70. The summed E-state index contributed by atoms with van der Waals surface area (Å²) in [5.74, 6) is -0.407. The van der Waals surface area contributed by atoms with Gasteiger partial charge in [0.15, 0.2) is 0 Å². The Bertz CT molecular complexity index is 1010. The van der Waals surface area contributed by atoms with Crippen LogP contribution in [0.15, 0.2) is 86.8 Å². The van der Waals surface area contributed by atoms with Crippen LogP contribution in [0.4, 0.5) is 11.4 Å². The predicted octanol–water partition coefficient (Wildman–Crippen LogP) is 4.73. The highest BCUT2D eigenvalue weighted by atomic mass is 79.9. The average Bonchev–Trinajstić information content (AvgIpc) is 2.69. The molecule has 7 nitrogen and oxygen atoms in total. The van der Waals surface area contributed by atoms with E-state index in [0.29, 0.717) is 21.3 Å². The molecular weight excluding hydrogens is 410 g/mol. The summed E-state index contributed by atoms with van der Waals surface area (Å²) in [5.41, 5.74) is 4.40. The number of azo groups is 1. The summed E-state index contributed by atoms with van der Waals surface area (Å²) in [6.07, 6.45) is 4.34. The number of phenolic OH excluding ortho intramolecular Hbond substituents is 1. The van der Waals surface area contributed by atoms with E-state index in [1.165, 1.54) is 18.5 Å².